The van der Waals surface area contributed by atoms with Gasteiger partial charge in [-0.05, 0) is 25.0 Å². The zero-order chi connectivity index (χ0) is 17.7. The average molecular weight is 393 g/mol. The third-order valence-corrected chi connectivity index (χ3v) is 5.82. The molecule has 1 aromatic carbocycles. The first-order valence-corrected chi connectivity index (χ1v) is 10.6. The van der Waals surface area contributed by atoms with Gasteiger partial charge >= 0.3 is 0 Å². The largest absolute Gasteiger partial charge is 0.352 e. The van der Waals surface area contributed by atoms with Crippen LogP contribution in [0.3, 0.4) is 0 Å². The number of sulfonamides is 1. The van der Waals surface area contributed by atoms with Crippen molar-refractivity contribution >= 4 is 44.8 Å². The van der Waals surface area contributed by atoms with E-state index in [0.717, 1.165) is 36.2 Å². The van der Waals surface area contributed by atoms with Gasteiger partial charge in [0.1, 0.15) is 6.54 Å². The molecule has 1 aromatic rings. The van der Waals surface area contributed by atoms with Crippen LogP contribution in [0.25, 0.3) is 0 Å². The van der Waals surface area contributed by atoms with Gasteiger partial charge in [0.15, 0.2) is 0 Å². The first kappa shape index (κ1) is 19.3. The summed E-state index contributed by atoms with van der Waals surface area (Å²) in [6, 6.07) is 4.82. The molecule has 8 heteroatoms. The monoisotopic (exact) mass is 392 g/mol. The number of anilines is 1. The standard InChI is InChI=1S/C16H22Cl2N2O3S/c1-24(22,23)20(16-13(17)9-6-10-14(16)18)11-15(21)19-12-7-4-2-3-5-8-12/h6,9-10,12H,2-5,7-8,11H2,1H3,(H,19,21). The summed E-state index contributed by atoms with van der Waals surface area (Å²) in [4.78, 5) is 12.4. The molecule has 1 fully saturated rings. The highest BCUT2D eigenvalue weighted by Gasteiger charge is 2.26. The van der Waals surface area contributed by atoms with Crippen molar-refractivity contribution in [2.45, 2.75) is 44.6 Å². The van der Waals surface area contributed by atoms with Gasteiger partial charge in [0.2, 0.25) is 15.9 Å². The Kier molecular flexibility index (Phi) is 6.78. The van der Waals surface area contributed by atoms with E-state index in [-0.39, 0.29) is 34.2 Å². The van der Waals surface area contributed by atoms with Gasteiger partial charge in [-0.3, -0.25) is 9.10 Å². The maximum atomic E-state index is 12.4. The summed E-state index contributed by atoms with van der Waals surface area (Å²) < 4.78 is 25.3. The van der Waals surface area contributed by atoms with Gasteiger partial charge in [0.05, 0.1) is 22.0 Å². The number of benzene rings is 1. The third kappa shape index (κ3) is 5.26. The van der Waals surface area contributed by atoms with Gasteiger partial charge < -0.3 is 5.32 Å². The van der Waals surface area contributed by atoms with E-state index in [1.165, 1.54) is 12.8 Å². The van der Waals surface area contributed by atoms with E-state index in [1.807, 2.05) is 0 Å². The van der Waals surface area contributed by atoms with Crippen molar-refractivity contribution in [1.82, 2.24) is 5.32 Å². The number of para-hydroxylation sites is 1. The Balaban J connectivity index is 2.16. The number of nitrogens with zero attached hydrogens (tertiary/aromatic N) is 1. The molecule has 0 aliphatic heterocycles. The molecule has 0 unspecified atom stereocenters. The molecule has 24 heavy (non-hydrogen) atoms. The Morgan fingerprint density at radius 1 is 1.17 bits per heavy atom. The molecule has 1 aliphatic rings. The van der Waals surface area contributed by atoms with Crippen LogP contribution in [-0.2, 0) is 14.8 Å². The molecule has 0 aromatic heterocycles. The normalized spacial score (nSPS) is 16.5. The van der Waals surface area contributed by atoms with Gasteiger partial charge in [-0.2, -0.15) is 0 Å². The number of rotatable bonds is 5. The summed E-state index contributed by atoms with van der Waals surface area (Å²) in [5.41, 5.74) is 0.138. The molecule has 0 saturated heterocycles. The minimum atomic E-state index is -3.70. The zero-order valence-corrected chi connectivity index (χ0v) is 15.9. The van der Waals surface area contributed by atoms with Crippen LogP contribution >= 0.6 is 23.2 Å². The Labute approximate surface area is 153 Å². The van der Waals surface area contributed by atoms with E-state index < -0.39 is 10.0 Å². The van der Waals surface area contributed by atoms with E-state index in [9.17, 15) is 13.2 Å². The van der Waals surface area contributed by atoms with Gasteiger partial charge in [0, 0.05) is 6.04 Å². The van der Waals surface area contributed by atoms with E-state index in [4.69, 9.17) is 23.2 Å². The van der Waals surface area contributed by atoms with E-state index in [1.54, 1.807) is 18.2 Å². The number of hydrogen-bond donors (Lipinski definition) is 1. The third-order valence-electron chi connectivity index (χ3n) is 4.09. The van der Waals surface area contributed by atoms with Crippen molar-refractivity contribution in [2.24, 2.45) is 0 Å². The van der Waals surface area contributed by atoms with Crippen LogP contribution in [0.5, 0.6) is 0 Å². The summed E-state index contributed by atoms with van der Waals surface area (Å²) in [7, 11) is -3.70. The summed E-state index contributed by atoms with van der Waals surface area (Å²) in [5, 5.41) is 3.32. The Hall–Kier alpha value is -0.980. The predicted molar refractivity (Wildman–Crippen MR) is 98.3 cm³/mol. The molecule has 0 spiro atoms. The highest BCUT2D eigenvalue weighted by atomic mass is 35.5. The molecular weight excluding hydrogens is 371 g/mol. The van der Waals surface area contributed by atoms with Crippen molar-refractivity contribution in [1.29, 1.82) is 0 Å². The van der Waals surface area contributed by atoms with Crippen LogP contribution in [0, 0.1) is 0 Å². The minimum absolute atomic E-state index is 0.100. The molecule has 0 heterocycles. The fraction of sp³-hybridized carbons (Fsp3) is 0.562. The maximum absolute atomic E-state index is 12.4. The van der Waals surface area contributed by atoms with Crippen molar-refractivity contribution in [3.8, 4) is 0 Å². The van der Waals surface area contributed by atoms with Crippen LogP contribution < -0.4 is 9.62 Å². The smallest absolute Gasteiger partial charge is 0.240 e. The van der Waals surface area contributed by atoms with Crippen molar-refractivity contribution < 1.29 is 13.2 Å². The second kappa shape index (κ2) is 8.41. The molecule has 0 bridgehead atoms. The van der Waals surface area contributed by atoms with Gasteiger partial charge in [-0.25, -0.2) is 8.42 Å². The molecule has 5 nitrogen and oxygen atoms in total. The van der Waals surface area contributed by atoms with Gasteiger partial charge in [-0.1, -0.05) is 55.0 Å². The van der Waals surface area contributed by atoms with Crippen LogP contribution in [0.1, 0.15) is 38.5 Å². The number of hydrogen-bond acceptors (Lipinski definition) is 3. The van der Waals surface area contributed by atoms with E-state index in [2.05, 4.69) is 5.32 Å². The van der Waals surface area contributed by atoms with Crippen LogP contribution in [0.2, 0.25) is 10.0 Å². The number of halogens is 2. The van der Waals surface area contributed by atoms with Crippen LogP contribution in [0.4, 0.5) is 5.69 Å². The molecule has 0 atom stereocenters. The van der Waals surface area contributed by atoms with Crippen LogP contribution in [-0.4, -0.2) is 33.2 Å². The van der Waals surface area contributed by atoms with Crippen molar-refractivity contribution in [2.75, 3.05) is 17.1 Å². The summed E-state index contributed by atoms with van der Waals surface area (Å²) in [6.45, 7) is -0.335. The lowest BCUT2D eigenvalue weighted by molar-refractivity contribution is -0.120. The highest BCUT2D eigenvalue weighted by molar-refractivity contribution is 7.92. The van der Waals surface area contributed by atoms with Crippen molar-refractivity contribution in [3.05, 3.63) is 28.2 Å². The van der Waals surface area contributed by atoms with Crippen LogP contribution in [0.15, 0.2) is 18.2 Å². The lowest BCUT2D eigenvalue weighted by Gasteiger charge is -2.25. The molecule has 134 valence electrons. The first-order chi connectivity index (χ1) is 11.3. The average Bonchev–Trinajstić information content (AvgIpc) is 2.73. The fourth-order valence-corrected chi connectivity index (χ4v) is 4.50. The molecular formula is C16H22Cl2N2O3S. The predicted octanol–water partition coefficient (Wildman–Crippen LogP) is 3.60. The number of amides is 1. The van der Waals surface area contributed by atoms with Gasteiger partial charge in [-0.15, -0.1) is 0 Å². The van der Waals surface area contributed by atoms with Gasteiger partial charge in [0.25, 0.3) is 0 Å². The fourth-order valence-electron chi connectivity index (χ4n) is 2.92. The Morgan fingerprint density at radius 2 is 1.71 bits per heavy atom. The molecule has 1 aliphatic carbocycles. The lowest BCUT2D eigenvalue weighted by Crippen LogP contribution is -2.44. The molecule has 1 amide bonds. The summed E-state index contributed by atoms with van der Waals surface area (Å²) in [5.74, 6) is -0.344. The molecule has 2 rings (SSSR count). The number of carbonyl (C=O) groups excluding carboxylic acids is 1. The topological polar surface area (TPSA) is 66.5 Å². The molecule has 1 saturated carbocycles. The first-order valence-electron chi connectivity index (χ1n) is 8.00. The quantitative estimate of drug-likeness (QED) is 0.778. The van der Waals surface area contributed by atoms with Crippen molar-refractivity contribution in [3.63, 3.8) is 0 Å². The SMILES string of the molecule is CS(=O)(=O)N(CC(=O)NC1CCCCCC1)c1c(Cl)cccc1Cl. The second-order valence-corrected chi connectivity index (χ2v) is 8.82. The zero-order valence-electron chi connectivity index (χ0n) is 13.6. The number of carbonyl (C=O) groups is 1. The Bertz CT molecular complexity index is 666. The molecule has 1 N–H and O–H groups in total. The molecule has 0 radical (unpaired) electrons. The van der Waals surface area contributed by atoms with E-state index >= 15 is 0 Å². The Morgan fingerprint density at radius 3 is 2.21 bits per heavy atom. The lowest BCUT2D eigenvalue weighted by atomic mass is 10.1. The second-order valence-electron chi connectivity index (χ2n) is 6.10. The minimum Gasteiger partial charge on any atom is -0.352 e. The highest BCUT2D eigenvalue weighted by Crippen LogP contribution is 2.34. The number of nitrogens with one attached hydrogen (secondary N) is 1. The maximum Gasteiger partial charge on any atom is 0.240 e. The summed E-state index contributed by atoms with van der Waals surface area (Å²) in [6.07, 6.45) is 7.41. The van der Waals surface area contributed by atoms with E-state index in [0.29, 0.717) is 0 Å². The summed E-state index contributed by atoms with van der Waals surface area (Å²) >= 11 is 12.2.